The number of H-pyrrole nitrogens is 1. The summed E-state index contributed by atoms with van der Waals surface area (Å²) in [5.41, 5.74) is 2.69. The van der Waals surface area contributed by atoms with Gasteiger partial charge in [0, 0.05) is 18.8 Å². The first-order chi connectivity index (χ1) is 11.4. The highest BCUT2D eigenvalue weighted by atomic mass is 32.2. The first kappa shape index (κ1) is 14.4. The van der Waals surface area contributed by atoms with Crippen LogP contribution in [-0.4, -0.2) is 38.5 Å². The van der Waals surface area contributed by atoms with E-state index in [4.69, 9.17) is 4.98 Å². The summed E-state index contributed by atoms with van der Waals surface area (Å²) in [5, 5.41) is 11.8. The molecule has 1 N–H and O–H groups in total. The van der Waals surface area contributed by atoms with E-state index in [1.807, 2.05) is 6.07 Å². The summed E-state index contributed by atoms with van der Waals surface area (Å²) in [6.45, 7) is 2.06. The van der Waals surface area contributed by atoms with E-state index in [1.165, 1.54) is 24.8 Å². The highest BCUT2D eigenvalue weighted by molar-refractivity contribution is 7.98. The minimum Gasteiger partial charge on any atom is -0.355 e. The molecule has 3 heterocycles. The summed E-state index contributed by atoms with van der Waals surface area (Å²) >= 11 is 1.64. The van der Waals surface area contributed by atoms with E-state index in [2.05, 4.69) is 49.6 Å². The Balaban J connectivity index is 1.62. The molecule has 2 aromatic heterocycles. The third-order valence-corrected chi connectivity index (χ3v) is 4.93. The number of hydrogen-bond donors (Lipinski definition) is 1. The number of nitrogens with zero attached hydrogens (tertiary/aromatic N) is 5. The van der Waals surface area contributed by atoms with Gasteiger partial charge in [0.15, 0.2) is 16.5 Å². The lowest BCUT2D eigenvalue weighted by Crippen LogP contribution is -2.30. The SMILES string of the molecule is c1ccc(CSc2nc(N3CCCCC3)c3n[nH]nc3n2)cc1. The lowest BCUT2D eigenvalue weighted by atomic mass is 10.1. The van der Waals surface area contributed by atoms with Crippen molar-refractivity contribution in [3.05, 3.63) is 35.9 Å². The summed E-state index contributed by atoms with van der Waals surface area (Å²) in [4.78, 5) is 11.6. The van der Waals surface area contributed by atoms with Crippen LogP contribution in [0.15, 0.2) is 35.5 Å². The third kappa shape index (κ3) is 3.14. The average Bonchev–Trinajstić information content (AvgIpc) is 3.09. The van der Waals surface area contributed by atoms with Gasteiger partial charge < -0.3 is 4.90 Å². The fourth-order valence-electron chi connectivity index (χ4n) is 2.83. The normalized spacial score (nSPS) is 15.2. The van der Waals surface area contributed by atoms with Gasteiger partial charge in [0.2, 0.25) is 5.65 Å². The maximum atomic E-state index is 4.77. The number of hydrogen-bond acceptors (Lipinski definition) is 6. The van der Waals surface area contributed by atoms with Crippen LogP contribution in [0.4, 0.5) is 5.82 Å². The lowest BCUT2D eigenvalue weighted by molar-refractivity contribution is 0.572. The van der Waals surface area contributed by atoms with Crippen molar-refractivity contribution in [3.63, 3.8) is 0 Å². The molecule has 0 bridgehead atoms. The van der Waals surface area contributed by atoms with Crippen molar-refractivity contribution in [2.24, 2.45) is 0 Å². The van der Waals surface area contributed by atoms with Crippen LogP contribution >= 0.6 is 11.8 Å². The van der Waals surface area contributed by atoms with Crippen LogP contribution in [-0.2, 0) is 5.75 Å². The monoisotopic (exact) mass is 326 g/mol. The Morgan fingerprint density at radius 1 is 1.00 bits per heavy atom. The fourth-order valence-corrected chi connectivity index (χ4v) is 3.62. The molecule has 0 amide bonds. The molecule has 0 atom stereocenters. The number of thioether (sulfide) groups is 1. The fraction of sp³-hybridized carbons (Fsp3) is 0.375. The standard InChI is InChI=1S/C16H18N6S/c1-3-7-12(8-4-1)11-23-16-17-14-13(19-21-20-14)15(18-16)22-9-5-2-6-10-22/h1,3-4,7-8H,2,5-6,9-11H2,(H,17,18,19,20,21). The van der Waals surface area contributed by atoms with Crippen molar-refractivity contribution in [2.45, 2.75) is 30.2 Å². The van der Waals surface area contributed by atoms with Gasteiger partial charge in [0.25, 0.3) is 0 Å². The number of nitrogens with one attached hydrogen (secondary N) is 1. The van der Waals surface area contributed by atoms with E-state index in [1.54, 1.807) is 11.8 Å². The molecule has 1 aliphatic heterocycles. The Morgan fingerprint density at radius 3 is 2.65 bits per heavy atom. The van der Waals surface area contributed by atoms with Gasteiger partial charge in [-0.1, -0.05) is 42.1 Å². The van der Waals surface area contributed by atoms with Gasteiger partial charge in [-0.2, -0.15) is 15.3 Å². The number of aromatic nitrogens is 5. The second-order valence-corrected chi connectivity index (χ2v) is 6.59. The number of rotatable bonds is 4. The number of anilines is 1. The van der Waals surface area contributed by atoms with Crippen LogP contribution < -0.4 is 4.90 Å². The molecule has 0 aliphatic carbocycles. The molecule has 118 valence electrons. The molecule has 0 radical (unpaired) electrons. The molecule has 0 unspecified atom stereocenters. The van der Waals surface area contributed by atoms with Crippen molar-refractivity contribution >= 4 is 28.7 Å². The molecule has 1 fully saturated rings. The van der Waals surface area contributed by atoms with Crippen LogP contribution in [0.5, 0.6) is 0 Å². The van der Waals surface area contributed by atoms with Gasteiger partial charge in [-0.05, 0) is 24.8 Å². The van der Waals surface area contributed by atoms with Crippen LogP contribution in [0.2, 0.25) is 0 Å². The largest absolute Gasteiger partial charge is 0.355 e. The van der Waals surface area contributed by atoms with Crippen molar-refractivity contribution in [2.75, 3.05) is 18.0 Å². The summed E-state index contributed by atoms with van der Waals surface area (Å²) in [5.74, 6) is 1.77. The number of fused-ring (bicyclic) bond motifs is 1. The molecule has 0 saturated carbocycles. The van der Waals surface area contributed by atoms with Crippen LogP contribution in [0, 0.1) is 0 Å². The molecule has 3 aromatic rings. The predicted molar refractivity (Wildman–Crippen MR) is 91.5 cm³/mol. The zero-order chi connectivity index (χ0) is 15.5. The molecule has 1 aromatic carbocycles. The zero-order valence-corrected chi connectivity index (χ0v) is 13.6. The molecule has 0 spiro atoms. The minimum absolute atomic E-state index is 0.649. The van der Waals surface area contributed by atoms with Gasteiger partial charge in [-0.3, -0.25) is 0 Å². The lowest BCUT2D eigenvalue weighted by Gasteiger charge is -2.27. The quantitative estimate of drug-likeness (QED) is 0.587. The zero-order valence-electron chi connectivity index (χ0n) is 12.8. The van der Waals surface area contributed by atoms with Crippen molar-refractivity contribution < 1.29 is 0 Å². The topological polar surface area (TPSA) is 70.6 Å². The van der Waals surface area contributed by atoms with Gasteiger partial charge in [-0.25, -0.2) is 4.98 Å². The van der Waals surface area contributed by atoms with Crippen molar-refractivity contribution in [1.82, 2.24) is 25.4 Å². The maximum absolute atomic E-state index is 4.77. The summed E-state index contributed by atoms with van der Waals surface area (Å²) < 4.78 is 0. The highest BCUT2D eigenvalue weighted by Crippen LogP contribution is 2.28. The van der Waals surface area contributed by atoms with E-state index in [0.29, 0.717) is 5.65 Å². The molecule has 1 aliphatic rings. The minimum atomic E-state index is 0.649. The average molecular weight is 326 g/mol. The molecule has 6 nitrogen and oxygen atoms in total. The Morgan fingerprint density at radius 2 is 1.83 bits per heavy atom. The summed E-state index contributed by atoms with van der Waals surface area (Å²) in [6.07, 6.45) is 3.70. The molecule has 7 heteroatoms. The molecular weight excluding hydrogens is 308 g/mol. The molecule has 4 rings (SSSR count). The smallest absolute Gasteiger partial charge is 0.207 e. The Hall–Kier alpha value is -2.15. The van der Waals surface area contributed by atoms with Crippen LogP contribution in [0.1, 0.15) is 24.8 Å². The summed E-state index contributed by atoms with van der Waals surface area (Å²) in [7, 11) is 0. The van der Waals surface area contributed by atoms with Gasteiger partial charge in [-0.15, -0.1) is 5.10 Å². The number of benzene rings is 1. The van der Waals surface area contributed by atoms with E-state index in [9.17, 15) is 0 Å². The molecule has 1 saturated heterocycles. The first-order valence-corrected chi connectivity index (χ1v) is 8.89. The highest BCUT2D eigenvalue weighted by Gasteiger charge is 2.19. The van der Waals surface area contributed by atoms with Gasteiger partial charge in [0.1, 0.15) is 0 Å². The Labute approximate surface area is 138 Å². The summed E-state index contributed by atoms with van der Waals surface area (Å²) in [6, 6.07) is 10.4. The number of piperidine rings is 1. The third-order valence-electron chi connectivity index (χ3n) is 4.01. The first-order valence-electron chi connectivity index (χ1n) is 7.90. The van der Waals surface area contributed by atoms with Crippen molar-refractivity contribution in [1.29, 1.82) is 0 Å². The van der Waals surface area contributed by atoms with Crippen LogP contribution in [0.25, 0.3) is 11.2 Å². The number of aromatic amines is 1. The van der Waals surface area contributed by atoms with Crippen LogP contribution in [0.3, 0.4) is 0 Å². The second-order valence-electron chi connectivity index (χ2n) is 5.65. The van der Waals surface area contributed by atoms with Gasteiger partial charge >= 0.3 is 0 Å². The predicted octanol–water partition coefficient (Wildman–Crippen LogP) is 3.03. The second kappa shape index (κ2) is 6.54. The van der Waals surface area contributed by atoms with Crippen molar-refractivity contribution in [3.8, 4) is 0 Å². The van der Waals surface area contributed by atoms with Gasteiger partial charge in [0.05, 0.1) is 0 Å². The molecular formula is C16H18N6S. The van der Waals surface area contributed by atoms with E-state index >= 15 is 0 Å². The maximum Gasteiger partial charge on any atom is 0.207 e. The van der Waals surface area contributed by atoms with E-state index in [-0.39, 0.29) is 0 Å². The molecule has 23 heavy (non-hydrogen) atoms. The Bertz CT molecular complexity index is 782. The van der Waals surface area contributed by atoms with E-state index in [0.717, 1.165) is 35.3 Å². The Kier molecular flexibility index (Phi) is 4.10. The van der Waals surface area contributed by atoms with E-state index < -0.39 is 0 Å².